The Bertz CT molecular complexity index is 792. The molecule has 0 aliphatic rings. The number of fused-ring (bicyclic) bond motifs is 1. The van der Waals surface area contributed by atoms with Crippen LogP contribution in [0.2, 0.25) is 0 Å². The zero-order chi connectivity index (χ0) is 14.8. The van der Waals surface area contributed by atoms with Crippen molar-refractivity contribution in [1.29, 1.82) is 0 Å². The van der Waals surface area contributed by atoms with Crippen molar-refractivity contribution in [3.05, 3.63) is 36.3 Å². The summed E-state index contributed by atoms with van der Waals surface area (Å²) >= 11 is 1.42. The van der Waals surface area contributed by atoms with Gasteiger partial charge in [-0.2, -0.15) is 0 Å². The lowest BCUT2D eigenvalue weighted by Crippen LogP contribution is -2.28. The lowest BCUT2D eigenvalue weighted by Gasteiger charge is -2.01. The van der Waals surface area contributed by atoms with Crippen molar-refractivity contribution in [2.24, 2.45) is 0 Å². The van der Waals surface area contributed by atoms with Crippen LogP contribution in [0.4, 0.5) is 9.93 Å². The molecule has 0 spiro atoms. The second-order valence-corrected chi connectivity index (χ2v) is 5.62. The van der Waals surface area contributed by atoms with E-state index in [0.717, 1.165) is 16.2 Å². The number of hydrogen-bond donors (Lipinski definition) is 2. The molecule has 7 heteroatoms. The first-order valence-electron chi connectivity index (χ1n) is 6.62. The predicted molar refractivity (Wildman–Crippen MR) is 83.7 cm³/mol. The molecule has 0 aromatic carbocycles. The number of aromatic nitrogens is 3. The molecule has 0 atom stereocenters. The molecule has 6 nitrogen and oxygen atoms in total. The molecular weight excluding hydrogens is 286 g/mol. The highest BCUT2D eigenvalue weighted by atomic mass is 32.1. The normalized spacial score (nSPS) is 10.8. The average molecular weight is 301 g/mol. The van der Waals surface area contributed by atoms with Crippen molar-refractivity contribution >= 4 is 28.1 Å². The monoisotopic (exact) mass is 301 g/mol. The number of imidazole rings is 1. The third kappa shape index (κ3) is 2.73. The molecule has 0 unspecified atom stereocenters. The Kier molecular flexibility index (Phi) is 3.57. The molecule has 0 aliphatic carbocycles. The van der Waals surface area contributed by atoms with Gasteiger partial charge in [0.2, 0.25) is 0 Å². The highest BCUT2D eigenvalue weighted by molar-refractivity contribution is 7.19. The topological polar surface area (TPSA) is 71.3 Å². The van der Waals surface area contributed by atoms with Crippen LogP contribution in [0.1, 0.15) is 12.5 Å². The lowest BCUT2D eigenvalue weighted by molar-refractivity contribution is 0.252. The minimum absolute atomic E-state index is 0.243. The highest BCUT2D eigenvalue weighted by Gasteiger charge is 2.11. The summed E-state index contributed by atoms with van der Waals surface area (Å²) in [4.78, 5) is 21.1. The minimum atomic E-state index is -0.243. The number of aryl methyl sites for hydroxylation is 1. The molecule has 0 saturated carbocycles. The number of rotatable bonds is 3. The Morgan fingerprint density at radius 1 is 1.38 bits per heavy atom. The van der Waals surface area contributed by atoms with E-state index >= 15 is 0 Å². The van der Waals surface area contributed by atoms with Crippen molar-refractivity contribution in [3.63, 3.8) is 0 Å². The van der Waals surface area contributed by atoms with E-state index in [2.05, 4.69) is 20.6 Å². The number of nitrogens with zero attached hydrogens (tertiary/aromatic N) is 3. The number of urea groups is 1. The molecule has 0 aliphatic heterocycles. The summed E-state index contributed by atoms with van der Waals surface area (Å²) in [6.45, 7) is 4.49. The average Bonchev–Trinajstić information content (AvgIpc) is 3.04. The van der Waals surface area contributed by atoms with Gasteiger partial charge in [0.05, 0.1) is 16.8 Å². The highest BCUT2D eigenvalue weighted by Crippen LogP contribution is 2.29. The summed E-state index contributed by atoms with van der Waals surface area (Å²) < 4.78 is 2.01. The lowest BCUT2D eigenvalue weighted by atomic mass is 10.3. The predicted octanol–water partition coefficient (Wildman–Crippen LogP) is 2.91. The van der Waals surface area contributed by atoms with E-state index in [-0.39, 0.29) is 6.03 Å². The van der Waals surface area contributed by atoms with Crippen molar-refractivity contribution in [3.8, 4) is 10.6 Å². The maximum Gasteiger partial charge on any atom is 0.321 e. The quantitative estimate of drug-likeness (QED) is 0.781. The first-order valence-corrected chi connectivity index (χ1v) is 7.44. The van der Waals surface area contributed by atoms with Gasteiger partial charge in [0.25, 0.3) is 0 Å². The Balaban J connectivity index is 1.89. The molecule has 2 N–H and O–H groups in total. The Morgan fingerprint density at radius 2 is 2.24 bits per heavy atom. The number of carbonyl (C=O) groups excluding carboxylic acids is 1. The second kappa shape index (κ2) is 5.53. The summed E-state index contributed by atoms with van der Waals surface area (Å²) in [6, 6.07) is 3.82. The van der Waals surface area contributed by atoms with E-state index in [9.17, 15) is 4.79 Å². The van der Waals surface area contributed by atoms with Crippen LogP contribution in [-0.2, 0) is 0 Å². The first kappa shape index (κ1) is 13.6. The third-order valence-corrected chi connectivity index (χ3v) is 3.92. The molecule has 0 fully saturated rings. The third-order valence-electron chi connectivity index (χ3n) is 2.98. The Hall–Kier alpha value is -2.41. The molecule has 3 heterocycles. The van der Waals surface area contributed by atoms with Gasteiger partial charge in [-0.3, -0.25) is 9.72 Å². The van der Waals surface area contributed by atoms with Gasteiger partial charge in [-0.25, -0.2) is 14.8 Å². The van der Waals surface area contributed by atoms with Crippen LogP contribution in [-0.4, -0.2) is 26.9 Å². The van der Waals surface area contributed by atoms with E-state index < -0.39 is 0 Å². The van der Waals surface area contributed by atoms with Gasteiger partial charge in [0, 0.05) is 18.9 Å². The van der Waals surface area contributed by atoms with Gasteiger partial charge >= 0.3 is 6.03 Å². The fourth-order valence-corrected chi connectivity index (χ4v) is 2.84. The first-order chi connectivity index (χ1) is 10.2. The molecule has 3 aromatic rings. The fraction of sp³-hybridized carbons (Fsp3) is 0.214. The van der Waals surface area contributed by atoms with Crippen LogP contribution < -0.4 is 10.6 Å². The van der Waals surface area contributed by atoms with Gasteiger partial charge in [0.1, 0.15) is 5.65 Å². The van der Waals surface area contributed by atoms with Crippen LogP contribution in [0.5, 0.6) is 0 Å². The van der Waals surface area contributed by atoms with Crippen LogP contribution >= 0.6 is 11.3 Å². The Morgan fingerprint density at radius 3 is 3.05 bits per heavy atom. The SMILES string of the molecule is CCNC(=O)Nc1ncc(-c2cnc3cc(C)ccn23)s1. The number of nitrogens with one attached hydrogen (secondary N) is 2. The smallest absolute Gasteiger partial charge is 0.321 e. The molecule has 0 bridgehead atoms. The van der Waals surface area contributed by atoms with Gasteiger partial charge < -0.3 is 5.32 Å². The maximum absolute atomic E-state index is 11.5. The minimum Gasteiger partial charge on any atom is -0.338 e. The zero-order valence-corrected chi connectivity index (χ0v) is 12.6. The summed E-state index contributed by atoms with van der Waals surface area (Å²) in [6.07, 6.45) is 5.55. The molecule has 2 amide bonds. The summed E-state index contributed by atoms with van der Waals surface area (Å²) in [5.74, 6) is 0. The number of thiazole rings is 1. The number of hydrogen-bond acceptors (Lipinski definition) is 4. The molecule has 0 saturated heterocycles. The van der Waals surface area contributed by atoms with Crippen LogP contribution in [0, 0.1) is 6.92 Å². The van der Waals surface area contributed by atoms with E-state index in [1.165, 1.54) is 16.9 Å². The largest absolute Gasteiger partial charge is 0.338 e. The fourth-order valence-electron chi connectivity index (χ4n) is 2.02. The number of pyridine rings is 1. The number of anilines is 1. The van der Waals surface area contributed by atoms with Crippen LogP contribution in [0.25, 0.3) is 16.2 Å². The van der Waals surface area contributed by atoms with Gasteiger partial charge in [-0.15, -0.1) is 0 Å². The van der Waals surface area contributed by atoms with E-state index in [4.69, 9.17) is 0 Å². The van der Waals surface area contributed by atoms with Gasteiger partial charge in [0.15, 0.2) is 5.13 Å². The summed E-state index contributed by atoms with van der Waals surface area (Å²) in [7, 11) is 0. The van der Waals surface area contributed by atoms with E-state index in [0.29, 0.717) is 11.7 Å². The maximum atomic E-state index is 11.5. The van der Waals surface area contributed by atoms with Crippen molar-refractivity contribution in [1.82, 2.24) is 19.7 Å². The summed E-state index contributed by atoms with van der Waals surface area (Å²) in [5.41, 5.74) is 3.03. The van der Waals surface area contributed by atoms with E-state index in [1.807, 2.05) is 42.8 Å². The van der Waals surface area contributed by atoms with Gasteiger partial charge in [-0.1, -0.05) is 11.3 Å². The van der Waals surface area contributed by atoms with Gasteiger partial charge in [-0.05, 0) is 31.5 Å². The molecule has 21 heavy (non-hydrogen) atoms. The second-order valence-electron chi connectivity index (χ2n) is 4.59. The Labute approximate surface area is 125 Å². The number of carbonyl (C=O) groups is 1. The van der Waals surface area contributed by atoms with Crippen molar-refractivity contribution in [2.45, 2.75) is 13.8 Å². The zero-order valence-electron chi connectivity index (χ0n) is 11.8. The van der Waals surface area contributed by atoms with Crippen LogP contribution in [0.15, 0.2) is 30.7 Å². The molecule has 3 rings (SSSR count). The molecular formula is C14H15N5OS. The van der Waals surface area contributed by atoms with Crippen molar-refractivity contribution in [2.75, 3.05) is 11.9 Å². The standard InChI is InChI=1S/C14H15N5OS/c1-3-15-13(20)18-14-17-8-11(21-14)10-7-16-12-6-9(2)4-5-19(10)12/h4-8H,3H2,1-2H3,(H2,15,17,18,20). The van der Waals surface area contributed by atoms with Crippen molar-refractivity contribution < 1.29 is 4.79 Å². The molecule has 0 radical (unpaired) electrons. The van der Waals surface area contributed by atoms with Crippen LogP contribution in [0.3, 0.4) is 0 Å². The summed E-state index contributed by atoms with van der Waals surface area (Å²) in [5, 5.41) is 5.95. The molecule has 108 valence electrons. The molecule has 3 aromatic heterocycles. The number of amides is 2. The van der Waals surface area contributed by atoms with E-state index in [1.54, 1.807) is 6.20 Å².